The van der Waals surface area contributed by atoms with Gasteiger partial charge in [0.15, 0.2) is 0 Å². The molecule has 9 heteroatoms. The lowest BCUT2D eigenvalue weighted by atomic mass is 10.1. The van der Waals surface area contributed by atoms with Gasteiger partial charge in [-0.05, 0) is 43.2 Å². The minimum Gasteiger partial charge on any atom is -0.390 e. The lowest BCUT2D eigenvalue weighted by Crippen LogP contribution is -2.18. The number of imidazole rings is 1. The predicted octanol–water partition coefficient (Wildman–Crippen LogP) is 4.87. The molecule has 0 amide bonds. The number of benzene rings is 1. The SMILES string of the molecule is Cc1cc2ncn(CC(O)CSc3ncc(C(F)(F)F)cc3Cl)c2cc1C. The Morgan fingerprint density at radius 3 is 2.56 bits per heavy atom. The van der Waals surface area contributed by atoms with Crippen molar-refractivity contribution in [3.8, 4) is 0 Å². The maximum absolute atomic E-state index is 12.7. The Balaban J connectivity index is 1.67. The van der Waals surface area contributed by atoms with E-state index < -0.39 is 17.8 Å². The molecule has 144 valence electrons. The third kappa shape index (κ3) is 4.56. The number of aliphatic hydroxyl groups is 1. The number of rotatable bonds is 5. The molecule has 0 spiro atoms. The highest BCUT2D eigenvalue weighted by Gasteiger charge is 2.31. The van der Waals surface area contributed by atoms with Crippen LogP contribution in [0.5, 0.6) is 0 Å². The van der Waals surface area contributed by atoms with Gasteiger partial charge in [0, 0.05) is 11.9 Å². The normalized spacial score (nSPS) is 13.3. The molecule has 0 saturated heterocycles. The number of nitrogens with zero attached hydrogens (tertiary/aromatic N) is 3. The van der Waals surface area contributed by atoms with Gasteiger partial charge in [0.2, 0.25) is 0 Å². The van der Waals surface area contributed by atoms with Crippen LogP contribution in [0.3, 0.4) is 0 Å². The molecule has 4 nitrogen and oxygen atoms in total. The number of halogens is 4. The van der Waals surface area contributed by atoms with E-state index in [2.05, 4.69) is 9.97 Å². The van der Waals surface area contributed by atoms with Crippen molar-refractivity contribution in [2.75, 3.05) is 5.75 Å². The molecule has 1 atom stereocenters. The second kappa shape index (κ2) is 7.69. The minimum absolute atomic E-state index is 0.0822. The number of aryl methyl sites for hydroxylation is 2. The number of hydrogen-bond acceptors (Lipinski definition) is 4. The van der Waals surface area contributed by atoms with Gasteiger partial charge >= 0.3 is 6.18 Å². The largest absolute Gasteiger partial charge is 0.417 e. The highest BCUT2D eigenvalue weighted by atomic mass is 35.5. The standard InChI is InChI=1S/C18H17ClF3N3OS/c1-10-3-15-16(4-11(10)2)25(9-24-15)7-13(26)8-27-17-14(19)5-12(6-23-17)18(20,21)22/h3-6,9,13,26H,7-8H2,1-2H3. The zero-order chi connectivity index (χ0) is 19.8. The van der Waals surface area contributed by atoms with Gasteiger partial charge in [0.25, 0.3) is 0 Å². The molecule has 1 unspecified atom stereocenters. The Labute approximate surface area is 163 Å². The molecule has 1 aromatic carbocycles. The third-order valence-corrected chi connectivity index (χ3v) is 5.74. The summed E-state index contributed by atoms with van der Waals surface area (Å²) in [4.78, 5) is 8.11. The van der Waals surface area contributed by atoms with E-state index in [4.69, 9.17) is 11.6 Å². The lowest BCUT2D eigenvalue weighted by Gasteiger charge is -2.13. The molecule has 0 saturated carbocycles. The number of aromatic nitrogens is 3. The number of aliphatic hydroxyl groups excluding tert-OH is 1. The van der Waals surface area contributed by atoms with Crippen LogP contribution in [0.4, 0.5) is 13.2 Å². The van der Waals surface area contributed by atoms with Crippen LogP contribution >= 0.6 is 23.4 Å². The fourth-order valence-corrected chi connectivity index (χ4v) is 3.71. The van der Waals surface area contributed by atoms with Gasteiger partial charge in [-0.3, -0.25) is 0 Å². The van der Waals surface area contributed by atoms with Crippen LogP contribution in [-0.4, -0.2) is 31.5 Å². The highest BCUT2D eigenvalue weighted by Crippen LogP contribution is 2.34. The first-order valence-corrected chi connectivity index (χ1v) is 9.47. The molecular formula is C18H17ClF3N3OS. The van der Waals surface area contributed by atoms with Crippen LogP contribution < -0.4 is 0 Å². The number of thioether (sulfide) groups is 1. The van der Waals surface area contributed by atoms with E-state index in [1.807, 2.05) is 30.5 Å². The van der Waals surface area contributed by atoms with Gasteiger partial charge < -0.3 is 9.67 Å². The average Bonchev–Trinajstić information content (AvgIpc) is 2.95. The summed E-state index contributed by atoms with van der Waals surface area (Å²) >= 11 is 7.00. The van der Waals surface area contributed by atoms with Crippen LogP contribution in [-0.2, 0) is 12.7 Å². The molecule has 0 aliphatic rings. The van der Waals surface area contributed by atoms with Crippen LogP contribution in [0.25, 0.3) is 11.0 Å². The van der Waals surface area contributed by atoms with E-state index in [1.165, 1.54) is 0 Å². The van der Waals surface area contributed by atoms with Gasteiger partial charge in [-0.2, -0.15) is 13.2 Å². The van der Waals surface area contributed by atoms with Gasteiger partial charge in [0.1, 0.15) is 5.03 Å². The van der Waals surface area contributed by atoms with Crippen molar-refractivity contribution in [3.63, 3.8) is 0 Å². The van der Waals surface area contributed by atoms with Crippen molar-refractivity contribution in [1.29, 1.82) is 0 Å². The van der Waals surface area contributed by atoms with Gasteiger partial charge in [0.05, 0.1) is 40.6 Å². The second-order valence-electron chi connectivity index (χ2n) is 6.30. The first-order chi connectivity index (χ1) is 12.6. The fraction of sp³-hybridized carbons (Fsp3) is 0.333. The Bertz CT molecular complexity index is 974. The zero-order valence-corrected chi connectivity index (χ0v) is 16.2. The molecule has 3 aromatic rings. The fourth-order valence-electron chi connectivity index (χ4n) is 2.60. The molecule has 0 fully saturated rings. The molecule has 1 N–H and O–H groups in total. The predicted molar refractivity (Wildman–Crippen MR) is 100 cm³/mol. The summed E-state index contributed by atoms with van der Waals surface area (Å²) in [6.07, 6.45) is -2.82. The van der Waals surface area contributed by atoms with E-state index in [9.17, 15) is 18.3 Å². The van der Waals surface area contributed by atoms with E-state index in [-0.39, 0.29) is 15.8 Å². The van der Waals surface area contributed by atoms with Crippen molar-refractivity contribution in [3.05, 3.63) is 52.4 Å². The molecule has 0 bridgehead atoms. The van der Waals surface area contributed by atoms with E-state index in [0.717, 1.165) is 46.2 Å². The summed E-state index contributed by atoms with van der Waals surface area (Å²) < 4.78 is 39.8. The molecular weight excluding hydrogens is 399 g/mol. The summed E-state index contributed by atoms with van der Waals surface area (Å²) in [5.41, 5.74) is 3.16. The second-order valence-corrected chi connectivity index (χ2v) is 7.71. The van der Waals surface area contributed by atoms with Crippen LogP contribution in [0.15, 0.2) is 35.7 Å². The minimum atomic E-state index is -4.49. The molecule has 0 radical (unpaired) electrons. The number of fused-ring (bicyclic) bond motifs is 1. The van der Waals surface area contributed by atoms with Crippen LogP contribution in [0.1, 0.15) is 16.7 Å². The van der Waals surface area contributed by atoms with Crippen LogP contribution in [0.2, 0.25) is 5.02 Å². The Kier molecular flexibility index (Phi) is 5.69. The van der Waals surface area contributed by atoms with Gasteiger partial charge in [-0.25, -0.2) is 9.97 Å². The lowest BCUT2D eigenvalue weighted by molar-refractivity contribution is -0.137. The summed E-state index contributed by atoms with van der Waals surface area (Å²) in [7, 11) is 0. The quantitative estimate of drug-likeness (QED) is 0.604. The van der Waals surface area contributed by atoms with Gasteiger partial charge in [-0.1, -0.05) is 11.6 Å². The smallest absolute Gasteiger partial charge is 0.390 e. The molecule has 0 aliphatic carbocycles. The molecule has 27 heavy (non-hydrogen) atoms. The van der Waals surface area contributed by atoms with E-state index >= 15 is 0 Å². The van der Waals surface area contributed by atoms with E-state index in [1.54, 1.807) is 6.33 Å². The van der Waals surface area contributed by atoms with Crippen molar-refractivity contribution in [1.82, 2.24) is 14.5 Å². The summed E-state index contributed by atoms with van der Waals surface area (Å²) in [6.45, 7) is 4.33. The van der Waals surface area contributed by atoms with Crippen molar-refractivity contribution < 1.29 is 18.3 Å². The molecule has 2 heterocycles. The topological polar surface area (TPSA) is 50.9 Å². The summed E-state index contributed by atoms with van der Waals surface area (Å²) in [6, 6.07) is 4.86. The van der Waals surface area contributed by atoms with Crippen molar-refractivity contribution in [2.24, 2.45) is 0 Å². The van der Waals surface area contributed by atoms with Crippen molar-refractivity contribution >= 4 is 34.4 Å². The van der Waals surface area contributed by atoms with Crippen LogP contribution in [0, 0.1) is 13.8 Å². The Morgan fingerprint density at radius 1 is 1.19 bits per heavy atom. The number of pyridine rings is 1. The summed E-state index contributed by atoms with van der Waals surface area (Å²) in [5.74, 6) is 0.239. The molecule has 2 aromatic heterocycles. The summed E-state index contributed by atoms with van der Waals surface area (Å²) in [5, 5.41) is 10.5. The zero-order valence-electron chi connectivity index (χ0n) is 14.6. The maximum atomic E-state index is 12.7. The maximum Gasteiger partial charge on any atom is 0.417 e. The third-order valence-electron chi connectivity index (χ3n) is 4.19. The highest BCUT2D eigenvalue weighted by molar-refractivity contribution is 7.99. The molecule has 0 aliphatic heterocycles. The number of hydrogen-bond donors (Lipinski definition) is 1. The van der Waals surface area contributed by atoms with Gasteiger partial charge in [-0.15, -0.1) is 11.8 Å². The van der Waals surface area contributed by atoms with Crippen molar-refractivity contribution in [2.45, 2.75) is 37.7 Å². The Morgan fingerprint density at radius 2 is 1.89 bits per heavy atom. The monoisotopic (exact) mass is 415 g/mol. The molecule has 3 rings (SSSR count). The number of alkyl halides is 3. The first-order valence-electron chi connectivity index (χ1n) is 8.11. The Hall–Kier alpha value is -1.77. The first kappa shape index (κ1) is 20.0. The average molecular weight is 416 g/mol. The van der Waals surface area contributed by atoms with E-state index in [0.29, 0.717) is 6.54 Å².